The van der Waals surface area contributed by atoms with E-state index in [2.05, 4.69) is 55.4 Å². The summed E-state index contributed by atoms with van der Waals surface area (Å²) >= 11 is 6.47. The fourth-order valence-electron chi connectivity index (χ4n) is 8.63. The van der Waals surface area contributed by atoms with Crippen LogP contribution < -0.4 is 19.7 Å². The molecule has 5 aromatic rings. The van der Waals surface area contributed by atoms with Crippen molar-refractivity contribution in [2.75, 3.05) is 25.9 Å². The molecule has 1 aliphatic rings. The van der Waals surface area contributed by atoms with Crippen molar-refractivity contribution in [3.05, 3.63) is 100 Å². The van der Waals surface area contributed by atoms with Gasteiger partial charge in [0.1, 0.15) is 22.9 Å². The van der Waals surface area contributed by atoms with Gasteiger partial charge < -0.3 is 19.6 Å². The van der Waals surface area contributed by atoms with E-state index in [0.717, 1.165) is 49.3 Å². The van der Waals surface area contributed by atoms with Gasteiger partial charge in [-0.15, -0.1) is 0 Å². The van der Waals surface area contributed by atoms with Gasteiger partial charge >= 0.3 is 6.09 Å². The number of fused-ring (bicyclic) bond motifs is 1. The second-order valence-corrected chi connectivity index (χ2v) is 24.4. The van der Waals surface area contributed by atoms with Gasteiger partial charge in [-0.2, -0.15) is 5.26 Å². The number of anilines is 4. The number of halogens is 1. The first-order valence-corrected chi connectivity index (χ1v) is 26.3. The molecule has 16 nitrogen and oxygen atoms in total. The van der Waals surface area contributed by atoms with E-state index in [1.807, 2.05) is 25.1 Å². The van der Waals surface area contributed by atoms with Crippen molar-refractivity contribution in [3.63, 3.8) is 0 Å². The molecule has 19 heteroatoms. The maximum atomic E-state index is 14.4. The summed E-state index contributed by atoms with van der Waals surface area (Å²) in [6.07, 6.45) is 3.43. The standard InChI is InChI=1S/C51H59ClN6O10S2/c1-30-23-36(18-15-31(30)24-32(28-53)47-55-41-25-33(16-22-43(41)67-47)51(8,9)29-49(2,3)4)58(35-13-11-12-14-35)48(62)68-44(45(60)50(5,6)7)46(61)54-39-26-34(17-20-38(39)52)56-70(65,66)37-19-21-42(59)40(27-37)57-69(10,63)64/h15-27,35,44,56-57,59H,11-14,29H2,1-10H3,(H,54,61). The zero-order valence-corrected chi connectivity index (χ0v) is 43.2. The number of nitriles is 1. The number of ketones is 1. The molecule has 1 saturated carbocycles. The molecular weight excluding hydrogens is 956 g/mol. The van der Waals surface area contributed by atoms with Crippen LogP contribution in [0.15, 0.2) is 82.1 Å². The van der Waals surface area contributed by atoms with Crippen LogP contribution >= 0.6 is 11.6 Å². The van der Waals surface area contributed by atoms with Crippen LogP contribution in [0.2, 0.25) is 5.02 Å². The molecule has 1 unspecified atom stereocenters. The van der Waals surface area contributed by atoms with Crippen molar-refractivity contribution in [1.29, 1.82) is 5.26 Å². The van der Waals surface area contributed by atoms with E-state index in [1.165, 1.54) is 23.1 Å². The molecular formula is C51H59ClN6O10S2. The van der Waals surface area contributed by atoms with Gasteiger partial charge in [0.05, 0.1) is 33.2 Å². The average molecular weight is 1020 g/mol. The Bertz CT molecular complexity index is 3160. The third kappa shape index (κ3) is 12.9. The summed E-state index contributed by atoms with van der Waals surface area (Å²) in [4.78, 5) is 48.3. The normalized spacial score (nSPS) is 14.5. The van der Waals surface area contributed by atoms with Crippen LogP contribution in [0.5, 0.6) is 5.75 Å². The second kappa shape index (κ2) is 20.1. The van der Waals surface area contributed by atoms with E-state index in [4.69, 9.17) is 25.7 Å². The van der Waals surface area contributed by atoms with Crippen LogP contribution in [0.25, 0.3) is 22.7 Å². The second-order valence-electron chi connectivity index (χ2n) is 20.6. The molecule has 0 aliphatic heterocycles. The van der Waals surface area contributed by atoms with Crippen molar-refractivity contribution < 1.29 is 45.5 Å². The Kier molecular flexibility index (Phi) is 15.2. The third-order valence-electron chi connectivity index (χ3n) is 11.7. The fourth-order valence-corrected chi connectivity index (χ4v) is 10.4. The molecule has 0 bridgehead atoms. The summed E-state index contributed by atoms with van der Waals surface area (Å²) in [6.45, 7) is 17.5. The van der Waals surface area contributed by atoms with Crippen LogP contribution in [0.1, 0.15) is 110 Å². The molecule has 1 aromatic heterocycles. The van der Waals surface area contributed by atoms with Crippen molar-refractivity contribution in [2.45, 2.75) is 117 Å². The number of sulfonamides is 2. The molecule has 0 radical (unpaired) electrons. The van der Waals surface area contributed by atoms with Crippen LogP contribution in [0.4, 0.5) is 27.5 Å². The Hall–Kier alpha value is -6.42. The molecule has 4 aromatic carbocycles. The number of amides is 2. The number of phenols is 1. The molecule has 2 amide bonds. The molecule has 1 fully saturated rings. The van der Waals surface area contributed by atoms with Gasteiger partial charge in [0.25, 0.3) is 15.9 Å². The van der Waals surface area contributed by atoms with Crippen LogP contribution in [-0.4, -0.2) is 63.1 Å². The summed E-state index contributed by atoms with van der Waals surface area (Å²) in [5.41, 5.74) is 2.49. The molecule has 70 heavy (non-hydrogen) atoms. The van der Waals surface area contributed by atoms with E-state index in [0.29, 0.717) is 40.8 Å². The van der Waals surface area contributed by atoms with Crippen molar-refractivity contribution in [3.8, 4) is 11.8 Å². The number of nitrogens with zero attached hydrogens (tertiary/aromatic N) is 3. The number of phenolic OH excluding ortho intramolecular Hbond substituents is 1. The number of Topliss-reactive ketones (excluding diaryl/α,β-unsaturated/α-hetero) is 1. The Labute approximate surface area is 414 Å². The monoisotopic (exact) mass is 1010 g/mol. The predicted molar refractivity (Wildman–Crippen MR) is 273 cm³/mol. The molecule has 1 atom stereocenters. The molecule has 1 heterocycles. The number of benzene rings is 4. The number of hydrogen-bond donors (Lipinski definition) is 4. The van der Waals surface area contributed by atoms with E-state index in [1.54, 1.807) is 45.0 Å². The van der Waals surface area contributed by atoms with Gasteiger partial charge in [-0.05, 0) is 120 Å². The van der Waals surface area contributed by atoms with Crippen molar-refractivity contribution in [2.24, 2.45) is 10.8 Å². The first-order valence-electron chi connectivity index (χ1n) is 22.6. The average Bonchev–Trinajstić information content (AvgIpc) is 3.93. The molecule has 0 spiro atoms. The lowest BCUT2D eigenvalue weighted by Gasteiger charge is -2.32. The summed E-state index contributed by atoms with van der Waals surface area (Å²) < 4.78 is 66.7. The first-order chi connectivity index (χ1) is 32.4. The van der Waals surface area contributed by atoms with E-state index < -0.39 is 60.0 Å². The number of carbonyl (C=O) groups excluding carboxylic acids is 3. The minimum absolute atomic E-state index is 0.0495. The minimum atomic E-state index is -4.42. The largest absolute Gasteiger partial charge is 0.506 e. The highest BCUT2D eigenvalue weighted by Crippen LogP contribution is 2.39. The lowest BCUT2D eigenvalue weighted by molar-refractivity contribution is -0.142. The SMILES string of the molecule is Cc1cc(N(C(=O)OC(C(=O)Nc2cc(NS(=O)(=O)c3ccc(O)c(NS(C)(=O)=O)c3)ccc2Cl)C(=O)C(C)(C)C)C2CCCC2)ccc1C=C(C#N)c1nc2cc(C(C)(C)CC(C)(C)C)ccc2o1. The summed E-state index contributed by atoms with van der Waals surface area (Å²) in [5, 5.41) is 22.9. The summed E-state index contributed by atoms with van der Waals surface area (Å²) in [7, 11) is -8.30. The van der Waals surface area contributed by atoms with Gasteiger partial charge in [0, 0.05) is 17.1 Å². The number of nitrogens with one attached hydrogen (secondary N) is 3. The Balaban J connectivity index is 1.25. The van der Waals surface area contributed by atoms with Gasteiger partial charge in [0.15, 0.2) is 11.4 Å². The highest BCUT2D eigenvalue weighted by atomic mass is 35.5. The highest BCUT2D eigenvalue weighted by molar-refractivity contribution is 7.93. The fraction of sp³-hybridized carbons (Fsp3) is 0.392. The number of ether oxygens (including phenoxy) is 1. The molecule has 6 rings (SSSR count). The van der Waals surface area contributed by atoms with E-state index in [-0.39, 0.29) is 50.4 Å². The Morgan fingerprint density at radius 1 is 0.929 bits per heavy atom. The number of rotatable bonds is 15. The van der Waals surface area contributed by atoms with Gasteiger partial charge in [-0.25, -0.2) is 26.6 Å². The molecule has 4 N–H and O–H groups in total. The smallest absolute Gasteiger partial charge is 0.415 e. The number of aromatic nitrogens is 1. The number of oxazole rings is 1. The summed E-state index contributed by atoms with van der Waals surface area (Å²) in [6, 6.07) is 19.8. The summed E-state index contributed by atoms with van der Waals surface area (Å²) in [5.74, 6) is -2.13. The number of aromatic hydroxyl groups is 1. The van der Waals surface area contributed by atoms with E-state index in [9.17, 15) is 41.6 Å². The first kappa shape index (κ1) is 52.9. The number of hydrogen-bond acceptors (Lipinski definition) is 12. The number of carbonyl (C=O) groups is 3. The lowest BCUT2D eigenvalue weighted by atomic mass is 9.72. The van der Waals surface area contributed by atoms with Crippen LogP contribution in [-0.2, 0) is 39.8 Å². The zero-order chi connectivity index (χ0) is 51.7. The van der Waals surface area contributed by atoms with E-state index >= 15 is 0 Å². The molecule has 372 valence electrons. The highest BCUT2D eigenvalue weighted by Gasteiger charge is 2.41. The van der Waals surface area contributed by atoms with Gasteiger partial charge in [-0.1, -0.05) is 92.0 Å². The zero-order valence-electron chi connectivity index (χ0n) is 40.9. The quantitative estimate of drug-likeness (QED) is 0.0435. The maximum absolute atomic E-state index is 14.4. The lowest BCUT2D eigenvalue weighted by Crippen LogP contribution is -2.48. The van der Waals surface area contributed by atoms with Crippen LogP contribution in [0.3, 0.4) is 0 Å². The third-order valence-corrected chi connectivity index (χ3v) is 14.0. The van der Waals surface area contributed by atoms with Crippen molar-refractivity contribution >= 4 is 94.9 Å². The number of allylic oxidation sites excluding steroid dienone is 1. The topological polar surface area (TPSA) is 238 Å². The van der Waals surface area contributed by atoms with Gasteiger partial charge in [0.2, 0.25) is 22.0 Å². The predicted octanol–water partition coefficient (Wildman–Crippen LogP) is 11.0. The van der Waals surface area contributed by atoms with Crippen LogP contribution in [0, 0.1) is 29.1 Å². The molecule has 1 aliphatic carbocycles. The van der Waals surface area contributed by atoms with Crippen molar-refractivity contribution in [1.82, 2.24) is 4.98 Å². The van der Waals surface area contributed by atoms with Gasteiger partial charge in [-0.3, -0.25) is 23.9 Å². The molecule has 0 saturated heterocycles. The Morgan fingerprint density at radius 2 is 1.61 bits per heavy atom. The Morgan fingerprint density at radius 3 is 2.23 bits per heavy atom. The maximum Gasteiger partial charge on any atom is 0.415 e. The minimum Gasteiger partial charge on any atom is -0.506 e. The number of aryl methyl sites for hydroxylation is 1.